The number of hydrogen-bond donors (Lipinski definition) is 0. The SMILES string of the molecule is CC[C@@H](C)c1ccccc1N1C[C@H](C(=O)N2CCN(S(=O)(=O)c3cccc([N+](=O)[O-])c3)CC2)CC1=O. The van der Waals surface area contributed by atoms with E-state index in [4.69, 9.17) is 0 Å². The third-order valence-corrected chi connectivity index (χ3v) is 8.96. The lowest BCUT2D eigenvalue weighted by Gasteiger charge is -2.35. The molecule has 0 radical (unpaired) electrons. The highest BCUT2D eigenvalue weighted by Crippen LogP contribution is 2.34. The van der Waals surface area contributed by atoms with Gasteiger partial charge in [-0.2, -0.15) is 4.31 Å². The van der Waals surface area contributed by atoms with Crippen molar-refractivity contribution in [1.29, 1.82) is 0 Å². The summed E-state index contributed by atoms with van der Waals surface area (Å²) < 4.78 is 27.2. The van der Waals surface area contributed by atoms with Crippen LogP contribution in [0.2, 0.25) is 0 Å². The second kappa shape index (κ2) is 10.4. The smallest absolute Gasteiger partial charge is 0.270 e. The van der Waals surface area contributed by atoms with Gasteiger partial charge in [-0.15, -0.1) is 0 Å². The summed E-state index contributed by atoms with van der Waals surface area (Å²) >= 11 is 0. The summed E-state index contributed by atoms with van der Waals surface area (Å²) in [6.45, 7) is 5.07. The standard InChI is InChI=1S/C25H30N4O6S/c1-3-18(2)22-9-4-5-10-23(22)28-17-19(15-24(28)30)25(31)26-11-13-27(14-12-26)36(34,35)21-8-6-7-20(16-21)29(32)33/h4-10,16,18-19H,3,11-15,17H2,1-2H3/t18-,19-/m1/s1. The molecular formula is C25H30N4O6S. The van der Waals surface area contributed by atoms with E-state index in [9.17, 15) is 28.1 Å². The number of nitro benzene ring substituents is 1. The van der Waals surface area contributed by atoms with Gasteiger partial charge in [0.05, 0.1) is 15.7 Å². The van der Waals surface area contributed by atoms with Gasteiger partial charge in [0, 0.05) is 57.0 Å². The Morgan fingerprint density at radius 3 is 2.47 bits per heavy atom. The van der Waals surface area contributed by atoms with Crippen molar-refractivity contribution >= 4 is 33.2 Å². The monoisotopic (exact) mass is 514 g/mol. The predicted octanol–water partition coefficient (Wildman–Crippen LogP) is 2.99. The van der Waals surface area contributed by atoms with Crippen molar-refractivity contribution < 1.29 is 22.9 Å². The number of benzene rings is 2. The molecule has 0 spiro atoms. The molecule has 10 nitrogen and oxygen atoms in total. The highest BCUT2D eigenvalue weighted by atomic mass is 32.2. The minimum Gasteiger partial charge on any atom is -0.340 e. The van der Waals surface area contributed by atoms with Gasteiger partial charge < -0.3 is 9.80 Å². The molecule has 2 aliphatic heterocycles. The van der Waals surface area contributed by atoms with Crippen LogP contribution in [0.25, 0.3) is 0 Å². The third-order valence-electron chi connectivity index (χ3n) is 7.06. The van der Waals surface area contributed by atoms with Crippen molar-refractivity contribution in [1.82, 2.24) is 9.21 Å². The van der Waals surface area contributed by atoms with Gasteiger partial charge in [-0.25, -0.2) is 8.42 Å². The van der Waals surface area contributed by atoms with Gasteiger partial charge in [0.2, 0.25) is 21.8 Å². The van der Waals surface area contributed by atoms with Crippen LogP contribution in [0.4, 0.5) is 11.4 Å². The summed E-state index contributed by atoms with van der Waals surface area (Å²) in [6, 6.07) is 12.7. The van der Waals surface area contributed by atoms with Gasteiger partial charge in [0.1, 0.15) is 0 Å². The van der Waals surface area contributed by atoms with E-state index in [0.717, 1.165) is 23.7 Å². The van der Waals surface area contributed by atoms with Crippen LogP contribution >= 0.6 is 0 Å². The van der Waals surface area contributed by atoms with Crippen LogP contribution < -0.4 is 4.90 Å². The third kappa shape index (κ3) is 4.98. The minimum atomic E-state index is -3.93. The van der Waals surface area contributed by atoms with Gasteiger partial charge in [-0.1, -0.05) is 38.1 Å². The number of rotatable bonds is 7. The summed E-state index contributed by atoms with van der Waals surface area (Å²) in [5.41, 5.74) is 1.64. The van der Waals surface area contributed by atoms with E-state index < -0.39 is 20.9 Å². The Hall–Kier alpha value is -3.31. The van der Waals surface area contributed by atoms with Crippen molar-refractivity contribution in [3.8, 4) is 0 Å². The van der Waals surface area contributed by atoms with Crippen molar-refractivity contribution in [2.24, 2.45) is 5.92 Å². The average molecular weight is 515 g/mol. The van der Waals surface area contributed by atoms with Crippen LogP contribution in [0.15, 0.2) is 53.4 Å². The summed E-state index contributed by atoms with van der Waals surface area (Å²) in [4.78, 5) is 39.7. The molecular weight excluding hydrogens is 484 g/mol. The first-order chi connectivity index (χ1) is 17.1. The second-order valence-corrected chi connectivity index (χ2v) is 11.2. The number of anilines is 1. The zero-order valence-electron chi connectivity index (χ0n) is 20.4. The number of nitrogens with zero attached hydrogens (tertiary/aromatic N) is 4. The molecule has 2 aromatic carbocycles. The lowest BCUT2D eigenvalue weighted by molar-refractivity contribution is -0.385. The van der Waals surface area contributed by atoms with E-state index in [1.165, 1.54) is 22.5 Å². The predicted molar refractivity (Wildman–Crippen MR) is 134 cm³/mol. The van der Waals surface area contributed by atoms with Crippen molar-refractivity contribution in [2.75, 3.05) is 37.6 Å². The highest BCUT2D eigenvalue weighted by Gasteiger charge is 2.39. The molecule has 0 N–H and O–H groups in total. The summed E-state index contributed by atoms with van der Waals surface area (Å²) in [6.07, 6.45) is 1.06. The molecule has 2 saturated heterocycles. The van der Waals surface area contributed by atoms with Crippen LogP contribution in [0.1, 0.15) is 38.2 Å². The Labute approximate surface area is 210 Å². The van der Waals surface area contributed by atoms with Gasteiger partial charge in [-0.05, 0) is 30.0 Å². The Morgan fingerprint density at radius 1 is 1.11 bits per heavy atom. The fourth-order valence-electron chi connectivity index (χ4n) is 4.79. The number of hydrogen-bond acceptors (Lipinski definition) is 6. The van der Waals surface area contributed by atoms with Crippen LogP contribution in [0.5, 0.6) is 0 Å². The number of nitro groups is 1. The van der Waals surface area contributed by atoms with Crippen LogP contribution in [-0.2, 0) is 19.6 Å². The molecule has 0 unspecified atom stereocenters. The Bertz CT molecular complexity index is 1270. The van der Waals surface area contributed by atoms with E-state index in [1.54, 1.807) is 9.80 Å². The molecule has 2 aliphatic rings. The molecule has 0 bridgehead atoms. The molecule has 4 rings (SSSR count). The summed E-state index contributed by atoms with van der Waals surface area (Å²) in [5.74, 6) is -0.442. The Morgan fingerprint density at radius 2 is 1.81 bits per heavy atom. The first-order valence-electron chi connectivity index (χ1n) is 12.1. The van der Waals surface area contributed by atoms with Crippen molar-refractivity contribution in [3.63, 3.8) is 0 Å². The van der Waals surface area contributed by atoms with Crippen molar-refractivity contribution in [3.05, 3.63) is 64.2 Å². The minimum absolute atomic E-state index is 0.0813. The molecule has 36 heavy (non-hydrogen) atoms. The van der Waals surface area contributed by atoms with Gasteiger partial charge in [-0.3, -0.25) is 19.7 Å². The van der Waals surface area contributed by atoms with E-state index in [-0.39, 0.29) is 60.9 Å². The van der Waals surface area contributed by atoms with E-state index in [0.29, 0.717) is 6.54 Å². The molecule has 2 amide bonds. The number of piperazine rings is 1. The zero-order valence-corrected chi connectivity index (χ0v) is 21.2. The molecule has 11 heteroatoms. The largest absolute Gasteiger partial charge is 0.340 e. The van der Waals surface area contributed by atoms with Crippen LogP contribution in [0.3, 0.4) is 0 Å². The number of amides is 2. The molecule has 0 saturated carbocycles. The van der Waals surface area contributed by atoms with Gasteiger partial charge in [0.25, 0.3) is 5.69 Å². The maximum absolute atomic E-state index is 13.2. The Balaban J connectivity index is 1.42. The second-order valence-electron chi connectivity index (χ2n) is 9.26. The Kier molecular flexibility index (Phi) is 7.41. The molecule has 2 atom stereocenters. The van der Waals surface area contributed by atoms with E-state index >= 15 is 0 Å². The number of carbonyl (C=O) groups is 2. The first-order valence-corrected chi connectivity index (χ1v) is 13.5. The molecule has 2 heterocycles. The molecule has 0 aromatic heterocycles. The van der Waals surface area contributed by atoms with Gasteiger partial charge in [0.15, 0.2) is 0 Å². The molecule has 0 aliphatic carbocycles. The highest BCUT2D eigenvalue weighted by molar-refractivity contribution is 7.89. The fourth-order valence-corrected chi connectivity index (χ4v) is 6.25. The molecule has 2 fully saturated rings. The van der Waals surface area contributed by atoms with E-state index in [1.807, 2.05) is 24.3 Å². The number of carbonyl (C=O) groups excluding carboxylic acids is 2. The summed E-state index contributed by atoms with van der Waals surface area (Å²) in [7, 11) is -3.93. The lowest BCUT2D eigenvalue weighted by Crippen LogP contribution is -2.52. The topological polar surface area (TPSA) is 121 Å². The summed E-state index contributed by atoms with van der Waals surface area (Å²) in [5, 5.41) is 11.0. The number of non-ortho nitro benzene ring substituents is 1. The molecule has 2 aromatic rings. The number of sulfonamides is 1. The maximum atomic E-state index is 13.2. The lowest BCUT2D eigenvalue weighted by atomic mass is 9.96. The van der Waals surface area contributed by atoms with Crippen molar-refractivity contribution in [2.45, 2.75) is 37.5 Å². The average Bonchev–Trinajstić information content (AvgIpc) is 3.29. The first kappa shape index (κ1) is 25.8. The zero-order chi connectivity index (χ0) is 26.0. The van der Waals surface area contributed by atoms with Gasteiger partial charge >= 0.3 is 0 Å². The van der Waals surface area contributed by atoms with Crippen LogP contribution in [0, 0.1) is 16.0 Å². The normalized spacial score (nSPS) is 19.9. The molecule has 192 valence electrons. The fraction of sp³-hybridized carbons (Fsp3) is 0.440. The number of para-hydroxylation sites is 1. The van der Waals surface area contributed by atoms with Crippen LogP contribution in [-0.4, -0.2) is 67.1 Å². The maximum Gasteiger partial charge on any atom is 0.270 e. The quantitative estimate of drug-likeness (QED) is 0.414. The van der Waals surface area contributed by atoms with E-state index in [2.05, 4.69) is 13.8 Å².